The maximum absolute atomic E-state index is 12.0. The van der Waals surface area contributed by atoms with Crippen LogP contribution in [0.15, 0.2) is 0 Å². The number of rotatable bonds is 4. The first kappa shape index (κ1) is 20.9. The summed E-state index contributed by atoms with van der Waals surface area (Å²) < 4.78 is 0. The second-order valence-electron chi connectivity index (χ2n) is 5.50. The van der Waals surface area contributed by atoms with E-state index in [1.807, 2.05) is 5.32 Å². The Kier molecular flexibility index (Phi) is 5.92. The highest BCUT2D eigenvalue weighted by Crippen LogP contribution is 2.16. The van der Waals surface area contributed by atoms with Crippen molar-refractivity contribution in [3.05, 3.63) is 5.69 Å². The monoisotopic (exact) mass is 342 g/mol. The summed E-state index contributed by atoms with van der Waals surface area (Å²) >= 11 is 0. The molecule has 1 heterocycles. The minimum atomic E-state index is -1.30. The van der Waals surface area contributed by atoms with Gasteiger partial charge in [0.2, 0.25) is 0 Å². The minimum absolute atomic E-state index is 0.00510. The van der Waals surface area contributed by atoms with E-state index < -0.39 is 29.9 Å². The SMILES string of the molecule is [B]c1nc(C(=O)NCC(=O)O)c(O)c([B])c1-c1c([B])c([B])c([B])c([B])c1[B]. The number of hydrogen-bond acceptors (Lipinski definition) is 4. The molecule has 2 aromatic rings. The predicted molar refractivity (Wildman–Crippen MR) is 109 cm³/mol. The number of nitrogens with zero attached hydrogens (tertiary/aromatic N) is 1. The van der Waals surface area contributed by atoms with Gasteiger partial charge in [-0.05, 0) is 22.2 Å². The molecule has 116 valence electrons. The first-order valence-corrected chi connectivity index (χ1v) is 7.28. The van der Waals surface area contributed by atoms with Gasteiger partial charge in [0.1, 0.15) is 67.2 Å². The number of carboxylic acids is 1. The van der Waals surface area contributed by atoms with Crippen molar-refractivity contribution in [3.63, 3.8) is 0 Å². The quantitative estimate of drug-likeness (QED) is 0.480. The molecule has 2 rings (SSSR count). The Morgan fingerprint density at radius 2 is 1.30 bits per heavy atom. The molecule has 6 nitrogen and oxygen atoms in total. The van der Waals surface area contributed by atoms with Crippen molar-refractivity contribution in [1.29, 1.82) is 0 Å². The third kappa shape index (κ3) is 3.68. The molecule has 0 aliphatic heterocycles. The van der Waals surface area contributed by atoms with Crippen molar-refractivity contribution >= 4 is 105 Å². The second-order valence-corrected chi connectivity index (χ2v) is 5.50. The third-order valence-electron chi connectivity index (χ3n) is 3.80. The molecule has 0 aliphatic carbocycles. The number of carboxylic acid groups (broad SMARTS) is 1. The number of aromatic nitrogens is 1. The van der Waals surface area contributed by atoms with Gasteiger partial charge < -0.3 is 15.5 Å². The summed E-state index contributed by atoms with van der Waals surface area (Å²) in [5.41, 5.74) is -1.76. The molecule has 14 radical (unpaired) electrons. The highest BCUT2D eigenvalue weighted by molar-refractivity contribution is 6.69. The smallest absolute Gasteiger partial charge is 0.322 e. The van der Waals surface area contributed by atoms with Crippen LogP contribution in [-0.2, 0) is 4.79 Å². The molecule has 1 aromatic heterocycles. The maximum atomic E-state index is 12.0. The van der Waals surface area contributed by atoms with Gasteiger partial charge in [0.15, 0.2) is 5.69 Å². The fourth-order valence-corrected chi connectivity index (χ4v) is 2.39. The Morgan fingerprint density at radius 1 is 0.815 bits per heavy atom. The number of aliphatic carboxylic acids is 1. The number of aromatic hydroxyl groups is 1. The first-order valence-electron chi connectivity index (χ1n) is 7.28. The van der Waals surface area contributed by atoms with Gasteiger partial charge in [-0.15, -0.1) is 16.4 Å². The van der Waals surface area contributed by atoms with Gasteiger partial charge in [-0.2, -0.15) is 0 Å². The molecule has 0 fully saturated rings. The summed E-state index contributed by atoms with van der Waals surface area (Å²) in [6.07, 6.45) is 0. The van der Waals surface area contributed by atoms with E-state index in [4.69, 9.17) is 60.0 Å². The van der Waals surface area contributed by atoms with Crippen molar-refractivity contribution in [1.82, 2.24) is 10.3 Å². The largest absolute Gasteiger partial charge is 0.506 e. The Morgan fingerprint density at radius 3 is 1.78 bits per heavy atom. The van der Waals surface area contributed by atoms with E-state index in [0.717, 1.165) is 0 Å². The van der Waals surface area contributed by atoms with Crippen LogP contribution >= 0.6 is 0 Å². The summed E-state index contributed by atoms with van der Waals surface area (Å²) in [6, 6.07) is 0. The molecule has 1 aromatic carbocycles. The molecule has 0 bridgehead atoms. The van der Waals surface area contributed by atoms with Gasteiger partial charge in [0, 0.05) is 0 Å². The number of carbonyl (C=O) groups excluding carboxylic acids is 1. The van der Waals surface area contributed by atoms with E-state index in [2.05, 4.69) is 4.98 Å². The highest BCUT2D eigenvalue weighted by Gasteiger charge is 2.22. The van der Waals surface area contributed by atoms with Crippen LogP contribution in [0.3, 0.4) is 0 Å². The van der Waals surface area contributed by atoms with Crippen LogP contribution < -0.4 is 43.7 Å². The van der Waals surface area contributed by atoms with Crippen LogP contribution in [0, 0.1) is 0 Å². The lowest BCUT2D eigenvalue weighted by Crippen LogP contribution is -2.56. The van der Waals surface area contributed by atoms with E-state index in [9.17, 15) is 14.7 Å². The van der Waals surface area contributed by atoms with Crippen LogP contribution in [0.1, 0.15) is 10.5 Å². The summed E-state index contributed by atoms with van der Waals surface area (Å²) in [4.78, 5) is 26.3. The molecule has 0 spiro atoms. The molecule has 1 amide bonds. The molecule has 0 aliphatic rings. The maximum Gasteiger partial charge on any atom is 0.322 e. The molecule has 3 N–H and O–H groups in total. The van der Waals surface area contributed by atoms with Gasteiger partial charge in [0.05, 0.1) is 0 Å². The zero-order valence-corrected chi connectivity index (χ0v) is 13.9. The van der Waals surface area contributed by atoms with Crippen molar-refractivity contribution in [2.75, 3.05) is 6.54 Å². The average Bonchev–Trinajstić information content (AvgIpc) is 2.62. The van der Waals surface area contributed by atoms with E-state index in [-0.39, 0.29) is 49.5 Å². The van der Waals surface area contributed by atoms with E-state index in [1.165, 1.54) is 0 Å². The first-order chi connectivity index (χ1) is 12.5. The number of carbonyl (C=O) groups is 2. The van der Waals surface area contributed by atoms with E-state index in [1.54, 1.807) is 0 Å². The lowest BCUT2D eigenvalue weighted by molar-refractivity contribution is -0.135. The minimum Gasteiger partial charge on any atom is -0.506 e. The lowest BCUT2D eigenvalue weighted by Gasteiger charge is -2.24. The van der Waals surface area contributed by atoms with Gasteiger partial charge in [0.25, 0.3) is 5.91 Å². The Balaban J connectivity index is 2.71. The number of pyridine rings is 1. The van der Waals surface area contributed by atoms with Crippen molar-refractivity contribution in [2.24, 2.45) is 0 Å². The molecular weight excluding hydrogens is 336 g/mol. The Bertz CT molecular complexity index is 952. The van der Waals surface area contributed by atoms with Crippen LogP contribution in [0.5, 0.6) is 5.75 Å². The predicted octanol–water partition coefficient (Wildman–Crippen LogP) is -7.17. The number of nitrogens with one attached hydrogen (secondary N) is 1. The van der Waals surface area contributed by atoms with E-state index in [0.29, 0.717) is 0 Å². The van der Waals surface area contributed by atoms with Crippen molar-refractivity contribution < 1.29 is 19.8 Å². The van der Waals surface area contributed by atoms with Crippen LogP contribution in [0.4, 0.5) is 0 Å². The van der Waals surface area contributed by atoms with Crippen LogP contribution in [0.2, 0.25) is 0 Å². The van der Waals surface area contributed by atoms with Gasteiger partial charge in [-0.1, -0.05) is 10.9 Å². The highest BCUT2D eigenvalue weighted by atomic mass is 16.4. The summed E-state index contributed by atoms with van der Waals surface area (Å²) in [6.45, 7) is -0.702. The lowest BCUT2D eigenvalue weighted by atomic mass is 9.58. The molecule has 27 heavy (non-hydrogen) atoms. The topological polar surface area (TPSA) is 99.5 Å². The standard InChI is InChI=1S/C14H5B7N2O4/c15-5-3(6(16)9(19)10(20)8(5)18)4-7(17)12(26)11(23-13(4)21)14(27)22-1-2(24)25/h26H,1H2,(H,22,27)(H,24,25). The summed E-state index contributed by atoms with van der Waals surface area (Å²) in [5, 5.41) is 20.9. The van der Waals surface area contributed by atoms with Crippen LogP contribution in [-0.4, -0.2) is 88.5 Å². The molecule has 0 saturated heterocycles. The van der Waals surface area contributed by atoms with Crippen LogP contribution in [0.25, 0.3) is 11.1 Å². The van der Waals surface area contributed by atoms with Crippen molar-refractivity contribution in [2.45, 2.75) is 0 Å². The molecule has 13 heteroatoms. The Hall–Kier alpha value is -2.44. The third-order valence-corrected chi connectivity index (χ3v) is 3.80. The average molecular weight is 341 g/mol. The summed E-state index contributed by atoms with van der Waals surface area (Å²) in [5.74, 6) is -3.05. The number of benzene rings is 1. The summed E-state index contributed by atoms with van der Waals surface area (Å²) in [7, 11) is 41.0. The van der Waals surface area contributed by atoms with Crippen molar-refractivity contribution in [3.8, 4) is 16.9 Å². The molecule has 0 saturated carbocycles. The van der Waals surface area contributed by atoms with Gasteiger partial charge in [-0.3, -0.25) is 14.6 Å². The zero-order valence-electron chi connectivity index (χ0n) is 13.9. The zero-order chi connectivity index (χ0) is 20.6. The normalized spacial score (nSPS) is 10.5. The van der Waals surface area contributed by atoms with Gasteiger partial charge >= 0.3 is 5.97 Å². The van der Waals surface area contributed by atoms with E-state index >= 15 is 0 Å². The molecular formula is C14H5B7N2O4. The molecule has 0 unspecified atom stereocenters. The number of hydrogen-bond donors (Lipinski definition) is 3. The fourth-order valence-electron chi connectivity index (χ4n) is 2.39. The fraction of sp³-hybridized carbons (Fsp3) is 0.0714. The number of amides is 1. The van der Waals surface area contributed by atoms with Gasteiger partial charge in [-0.25, -0.2) is 0 Å². The second kappa shape index (κ2) is 7.66. The molecule has 0 atom stereocenters. The Labute approximate surface area is 164 Å².